The zero-order chi connectivity index (χ0) is 14.3. The highest BCUT2D eigenvalue weighted by Gasteiger charge is 2.09. The minimum absolute atomic E-state index is 0. The number of halogens is 1. The van der Waals surface area contributed by atoms with Gasteiger partial charge in [-0.1, -0.05) is 48.6 Å². The van der Waals surface area contributed by atoms with E-state index in [2.05, 4.69) is 41.0 Å². The molecule has 3 rings (SSSR count). The fourth-order valence-corrected chi connectivity index (χ4v) is 2.74. The molecule has 1 aliphatic heterocycles. The summed E-state index contributed by atoms with van der Waals surface area (Å²) < 4.78 is 0. The van der Waals surface area contributed by atoms with Crippen LogP contribution < -0.4 is 0 Å². The van der Waals surface area contributed by atoms with E-state index in [4.69, 9.17) is 0 Å². The molecule has 114 valence electrons. The molecule has 0 aliphatic carbocycles. The Labute approximate surface area is 139 Å². The molecule has 2 aromatic rings. The number of hydrogen-bond acceptors (Lipinski definition) is 1. The minimum atomic E-state index is 0. The van der Waals surface area contributed by atoms with Gasteiger partial charge in [0.05, 0.1) is 0 Å². The number of hydrogen-bond donors (Lipinski definition) is 0. The van der Waals surface area contributed by atoms with Crippen LogP contribution in [0.5, 0.6) is 0 Å². The van der Waals surface area contributed by atoms with Crippen molar-refractivity contribution in [1.29, 1.82) is 0 Å². The molecule has 0 unspecified atom stereocenters. The van der Waals surface area contributed by atoms with Gasteiger partial charge >= 0.3 is 0 Å². The van der Waals surface area contributed by atoms with Crippen molar-refractivity contribution < 1.29 is 0 Å². The second kappa shape index (κ2) is 8.63. The Kier molecular flexibility index (Phi) is 6.52. The summed E-state index contributed by atoms with van der Waals surface area (Å²) in [7, 11) is 0. The summed E-state index contributed by atoms with van der Waals surface area (Å²) in [6.07, 6.45) is 4.09. The first-order chi connectivity index (χ1) is 10.4. The molecule has 1 fully saturated rings. The molecule has 0 amide bonds. The summed E-state index contributed by atoms with van der Waals surface area (Å²) in [5, 5.41) is 0. The van der Waals surface area contributed by atoms with E-state index < -0.39 is 0 Å². The molecule has 0 N–H and O–H groups in total. The highest BCUT2D eigenvalue weighted by atomic mass is 35.5. The van der Waals surface area contributed by atoms with Gasteiger partial charge in [-0.2, -0.15) is 0 Å². The fourth-order valence-electron chi connectivity index (χ4n) is 2.74. The molecule has 1 saturated heterocycles. The third-order valence-corrected chi connectivity index (χ3v) is 3.93. The maximum atomic E-state index is 3.23. The molecule has 0 spiro atoms. The molecule has 0 saturated carbocycles. The third kappa shape index (κ3) is 4.91. The molecule has 1 nitrogen and oxygen atoms in total. The van der Waals surface area contributed by atoms with Gasteiger partial charge in [-0.15, -0.1) is 12.4 Å². The lowest BCUT2D eigenvalue weighted by molar-refractivity contribution is 0.221. The first-order valence-corrected chi connectivity index (χ1v) is 7.78. The van der Waals surface area contributed by atoms with Crippen molar-refractivity contribution in [3.8, 4) is 11.8 Å². The van der Waals surface area contributed by atoms with Crippen molar-refractivity contribution in [1.82, 2.24) is 4.90 Å². The van der Waals surface area contributed by atoms with Gasteiger partial charge in [-0.05, 0) is 55.8 Å². The van der Waals surface area contributed by atoms with Gasteiger partial charge in [0.25, 0.3) is 0 Å². The summed E-state index contributed by atoms with van der Waals surface area (Å²) in [4.78, 5) is 2.55. The summed E-state index contributed by atoms with van der Waals surface area (Å²) >= 11 is 0. The first-order valence-electron chi connectivity index (χ1n) is 7.78. The fraction of sp³-hybridized carbons (Fsp3) is 0.300. The number of rotatable bonds is 2. The van der Waals surface area contributed by atoms with Crippen LogP contribution in [0.2, 0.25) is 0 Å². The highest BCUT2D eigenvalue weighted by Crippen LogP contribution is 2.13. The predicted octanol–water partition coefficient (Wildman–Crippen LogP) is 4.49. The van der Waals surface area contributed by atoms with Gasteiger partial charge in [0.1, 0.15) is 0 Å². The molecule has 0 bridgehead atoms. The van der Waals surface area contributed by atoms with Crippen LogP contribution in [0.25, 0.3) is 0 Å². The number of benzene rings is 2. The topological polar surface area (TPSA) is 3.24 Å². The second-order valence-electron chi connectivity index (χ2n) is 5.65. The van der Waals surface area contributed by atoms with E-state index in [9.17, 15) is 0 Å². The molecule has 1 heterocycles. The Balaban J connectivity index is 0.00000176. The van der Waals surface area contributed by atoms with Crippen LogP contribution in [0, 0.1) is 11.8 Å². The average molecular weight is 312 g/mol. The van der Waals surface area contributed by atoms with E-state index in [0.717, 1.165) is 17.7 Å². The van der Waals surface area contributed by atoms with Crippen molar-refractivity contribution in [3.05, 3.63) is 71.3 Å². The quantitative estimate of drug-likeness (QED) is 0.738. The van der Waals surface area contributed by atoms with Crippen LogP contribution in [-0.4, -0.2) is 18.0 Å². The van der Waals surface area contributed by atoms with Gasteiger partial charge in [0.15, 0.2) is 0 Å². The van der Waals surface area contributed by atoms with E-state index in [0.29, 0.717) is 0 Å². The van der Waals surface area contributed by atoms with E-state index >= 15 is 0 Å². The van der Waals surface area contributed by atoms with Crippen molar-refractivity contribution in [3.63, 3.8) is 0 Å². The van der Waals surface area contributed by atoms with Gasteiger partial charge in [-0.3, -0.25) is 4.90 Å². The lowest BCUT2D eigenvalue weighted by Crippen LogP contribution is -2.29. The molecule has 2 aromatic carbocycles. The normalized spacial score (nSPS) is 14.5. The Bertz CT molecular complexity index is 616. The van der Waals surface area contributed by atoms with Crippen molar-refractivity contribution >= 4 is 12.4 Å². The Hall–Kier alpha value is -1.75. The number of nitrogens with zero attached hydrogens (tertiary/aromatic N) is 1. The van der Waals surface area contributed by atoms with Gasteiger partial charge in [-0.25, -0.2) is 0 Å². The molecule has 1 aliphatic rings. The van der Waals surface area contributed by atoms with Crippen LogP contribution in [0.3, 0.4) is 0 Å². The number of likely N-dealkylation sites (tertiary alicyclic amines) is 1. The smallest absolute Gasteiger partial charge is 0.0249 e. The van der Waals surface area contributed by atoms with E-state index in [-0.39, 0.29) is 12.4 Å². The largest absolute Gasteiger partial charge is 0.299 e. The molecule has 2 heteroatoms. The number of piperidine rings is 1. The third-order valence-electron chi connectivity index (χ3n) is 3.93. The predicted molar refractivity (Wildman–Crippen MR) is 95.2 cm³/mol. The zero-order valence-electron chi connectivity index (χ0n) is 12.8. The van der Waals surface area contributed by atoms with E-state index in [1.807, 2.05) is 30.3 Å². The van der Waals surface area contributed by atoms with Crippen LogP contribution >= 0.6 is 12.4 Å². The van der Waals surface area contributed by atoms with Gasteiger partial charge in [0, 0.05) is 17.7 Å². The molecule has 22 heavy (non-hydrogen) atoms. The Morgan fingerprint density at radius 3 is 1.95 bits per heavy atom. The second-order valence-corrected chi connectivity index (χ2v) is 5.65. The van der Waals surface area contributed by atoms with Crippen LogP contribution in [-0.2, 0) is 6.54 Å². The molecule has 0 radical (unpaired) electrons. The van der Waals surface area contributed by atoms with Gasteiger partial charge in [0.2, 0.25) is 0 Å². The Morgan fingerprint density at radius 1 is 0.727 bits per heavy atom. The molecular weight excluding hydrogens is 290 g/mol. The van der Waals surface area contributed by atoms with Crippen LogP contribution in [0.1, 0.15) is 36.0 Å². The maximum Gasteiger partial charge on any atom is 0.0249 e. The van der Waals surface area contributed by atoms with Crippen molar-refractivity contribution in [2.45, 2.75) is 25.8 Å². The average Bonchev–Trinajstić information content (AvgIpc) is 2.56. The SMILES string of the molecule is C(#Cc1ccc(CN2CCCCC2)cc1)c1ccccc1.Cl. The molecule has 0 aromatic heterocycles. The summed E-state index contributed by atoms with van der Waals surface area (Å²) in [5.41, 5.74) is 3.54. The summed E-state index contributed by atoms with van der Waals surface area (Å²) in [5.74, 6) is 6.43. The van der Waals surface area contributed by atoms with Crippen molar-refractivity contribution in [2.24, 2.45) is 0 Å². The minimum Gasteiger partial charge on any atom is -0.299 e. The van der Waals surface area contributed by atoms with Crippen molar-refractivity contribution in [2.75, 3.05) is 13.1 Å². The first kappa shape index (κ1) is 16.6. The summed E-state index contributed by atoms with van der Waals surface area (Å²) in [6, 6.07) is 18.8. The van der Waals surface area contributed by atoms with Crippen LogP contribution in [0.4, 0.5) is 0 Å². The lowest BCUT2D eigenvalue weighted by atomic mass is 10.1. The highest BCUT2D eigenvalue weighted by molar-refractivity contribution is 5.85. The maximum absolute atomic E-state index is 3.23. The standard InChI is InChI=1S/C20H21N.ClH/c1-3-7-18(8-4-1)9-10-19-11-13-20(14-12-19)17-21-15-5-2-6-16-21;/h1,3-4,7-8,11-14H,2,5-6,15-17H2;1H. The van der Waals surface area contributed by atoms with E-state index in [1.165, 1.54) is 37.9 Å². The summed E-state index contributed by atoms with van der Waals surface area (Å²) in [6.45, 7) is 3.57. The monoisotopic (exact) mass is 311 g/mol. The van der Waals surface area contributed by atoms with Crippen LogP contribution in [0.15, 0.2) is 54.6 Å². The van der Waals surface area contributed by atoms with Gasteiger partial charge < -0.3 is 0 Å². The lowest BCUT2D eigenvalue weighted by Gasteiger charge is -2.26. The van der Waals surface area contributed by atoms with E-state index in [1.54, 1.807) is 0 Å². The molecular formula is C20H22ClN. The Morgan fingerprint density at radius 2 is 1.32 bits per heavy atom. The molecule has 0 atom stereocenters. The zero-order valence-corrected chi connectivity index (χ0v) is 13.6.